The van der Waals surface area contributed by atoms with E-state index in [-0.39, 0.29) is 17.9 Å². The highest BCUT2D eigenvalue weighted by atomic mass is 35.5. The van der Waals surface area contributed by atoms with Gasteiger partial charge in [-0.1, -0.05) is 48.0 Å². The quantitative estimate of drug-likeness (QED) is 0.160. The van der Waals surface area contributed by atoms with Gasteiger partial charge in [-0.3, -0.25) is 9.11 Å². The van der Waals surface area contributed by atoms with Crippen LogP contribution in [-0.2, 0) is 20.2 Å². The summed E-state index contributed by atoms with van der Waals surface area (Å²) in [6.45, 7) is 0.859. The fourth-order valence-corrected chi connectivity index (χ4v) is 5.62. The van der Waals surface area contributed by atoms with Crippen LogP contribution in [0.5, 0.6) is 0 Å². The van der Waals surface area contributed by atoms with Gasteiger partial charge in [0.05, 0.1) is 17.8 Å². The average Bonchev–Trinajstić information content (AvgIpc) is 3.31. The molecule has 1 aromatic heterocycles. The fourth-order valence-electron chi connectivity index (χ4n) is 4.43. The van der Waals surface area contributed by atoms with Crippen LogP contribution in [-0.4, -0.2) is 57.6 Å². The molecule has 0 saturated heterocycles. The molecule has 1 heterocycles. The third-order valence-electron chi connectivity index (χ3n) is 6.47. The summed E-state index contributed by atoms with van der Waals surface area (Å²) < 4.78 is 67.8. The number of nitrogens with zero attached hydrogens (tertiary/aromatic N) is 1. The predicted molar refractivity (Wildman–Crippen MR) is 163 cm³/mol. The van der Waals surface area contributed by atoms with Crippen LogP contribution in [0.1, 0.15) is 24.2 Å². The average molecular weight is 619 g/mol. The molecule has 0 aliphatic rings. The minimum absolute atomic E-state index is 0.284. The van der Waals surface area contributed by atoms with Crippen molar-refractivity contribution in [3.05, 3.63) is 99.8 Å². The van der Waals surface area contributed by atoms with E-state index >= 15 is 0 Å². The Bertz CT molecular complexity index is 1830. The van der Waals surface area contributed by atoms with Gasteiger partial charge in [0.2, 0.25) is 0 Å². The van der Waals surface area contributed by atoms with Crippen molar-refractivity contribution in [1.29, 1.82) is 0 Å². The molecule has 4 rings (SSSR count). The lowest BCUT2D eigenvalue weighted by atomic mass is 9.97. The number of nitrogens with one attached hydrogen (secondary N) is 1. The van der Waals surface area contributed by atoms with Gasteiger partial charge in [-0.25, -0.2) is 0 Å². The molecule has 0 aliphatic heterocycles. The molecule has 3 N–H and O–H groups in total. The fraction of sp³-hybridized carbons (Fsp3) is 0.241. The lowest BCUT2D eigenvalue weighted by molar-refractivity contribution is 0.479. The van der Waals surface area contributed by atoms with Gasteiger partial charge in [-0.05, 0) is 59.2 Å². The second kappa shape index (κ2) is 13.1. The first-order valence-electron chi connectivity index (χ1n) is 12.8. The summed E-state index contributed by atoms with van der Waals surface area (Å²) in [5.41, 5.74) is 2.67. The monoisotopic (exact) mass is 618 g/mol. The summed E-state index contributed by atoms with van der Waals surface area (Å²) in [5, 5.41) is 7.25. The third-order valence-corrected chi connectivity index (χ3v) is 8.32. The molecule has 12 heteroatoms. The second-order valence-corrected chi connectivity index (χ2v) is 13.2. The van der Waals surface area contributed by atoms with Crippen molar-refractivity contribution in [3.8, 4) is 0 Å². The molecule has 0 unspecified atom stereocenters. The van der Waals surface area contributed by atoms with Crippen LogP contribution in [0.2, 0.25) is 5.02 Å². The maximum atomic E-state index is 11.0. The van der Waals surface area contributed by atoms with Crippen molar-refractivity contribution >= 4 is 60.1 Å². The van der Waals surface area contributed by atoms with E-state index in [4.69, 9.17) is 25.1 Å². The Kier molecular flexibility index (Phi) is 9.77. The summed E-state index contributed by atoms with van der Waals surface area (Å²) in [7, 11) is -6.11. The van der Waals surface area contributed by atoms with E-state index in [0.717, 1.165) is 38.0 Å². The first-order chi connectivity index (χ1) is 19.4. The number of hydrogen-bond donors (Lipinski definition) is 3. The van der Waals surface area contributed by atoms with Gasteiger partial charge in [-0.2, -0.15) is 16.8 Å². The molecule has 9 nitrogen and oxygen atoms in total. The number of furan rings is 1. The van der Waals surface area contributed by atoms with Crippen LogP contribution >= 0.6 is 11.6 Å². The first kappa shape index (κ1) is 30.6. The maximum Gasteiger partial charge on any atom is 0.264 e. The van der Waals surface area contributed by atoms with Crippen LogP contribution < -0.4 is 20.7 Å². The molecule has 0 amide bonds. The van der Waals surface area contributed by atoms with Crippen molar-refractivity contribution in [3.63, 3.8) is 0 Å². The number of benzene rings is 3. The normalized spacial score (nSPS) is 11.9. The van der Waals surface area contributed by atoms with Crippen LogP contribution in [0.3, 0.4) is 0 Å². The largest absolute Gasteiger partial charge is 0.463 e. The highest BCUT2D eigenvalue weighted by Gasteiger charge is 2.16. The molecule has 0 aliphatic carbocycles. The van der Waals surface area contributed by atoms with Crippen LogP contribution in [0.15, 0.2) is 77.4 Å². The third kappa shape index (κ3) is 8.82. The molecule has 0 spiro atoms. The van der Waals surface area contributed by atoms with E-state index in [0.29, 0.717) is 30.3 Å². The molecule has 4 aromatic rings. The summed E-state index contributed by atoms with van der Waals surface area (Å²) >= 11 is 6.20. The number of anilines is 1. The zero-order chi connectivity index (χ0) is 29.6. The summed E-state index contributed by atoms with van der Waals surface area (Å²) in [6, 6.07) is 21.3. The molecule has 0 fully saturated rings. The Labute approximate surface area is 244 Å². The van der Waals surface area contributed by atoms with Crippen molar-refractivity contribution in [2.75, 3.05) is 36.5 Å². The summed E-state index contributed by atoms with van der Waals surface area (Å²) in [4.78, 5) is 1.92. The number of halogens is 1. The lowest BCUT2D eigenvalue weighted by Crippen LogP contribution is -2.21. The van der Waals surface area contributed by atoms with Gasteiger partial charge in [0.15, 0.2) is 0 Å². The van der Waals surface area contributed by atoms with Crippen molar-refractivity contribution in [2.24, 2.45) is 0 Å². The molecule has 0 radical (unpaired) electrons. The second-order valence-electron chi connectivity index (χ2n) is 9.64. The smallest absolute Gasteiger partial charge is 0.264 e. The molecular weight excluding hydrogens is 588 g/mol. The lowest BCUT2D eigenvalue weighted by Gasteiger charge is -2.19. The molecule has 0 atom stereocenters. The Morgan fingerprint density at radius 1 is 0.927 bits per heavy atom. The van der Waals surface area contributed by atoms with Crippen molar-refractivity contribution in [1.82, 2.24) is 5.32 Å². The van der Waals surface area contributed by atoms with Crippen LogP contribution in [0.25, 0.3) is 22.5 Å². The van der Waals surface area contributed by atoms with E-state index in [2.05, 4.69) is 5.32 Å². The summed E-state index contributed by atoms with van der Waals surface area (Å²) in [5.74, 6) is 0.0919. The van der Waals surface area contributed by atoms with Gasteiger partial charge >= 0.3 is 0 Å². The summed E-state index contributed by atoms with van der Waals surface area (Å²) in [6.07, 6.45) is 4.04. The van der Waals surface area contributed by atoms with E-state index < -0.39 is 20.2 Å². The standard InChI is InChI=1S/C29H31ClN2O7S2/c1-32(15-3-17-41(36,37)38)26-11-8-23(9-12-26)28(29-27-13-10-25(30)18-24(27)20-39-29)22-6-4-21(5-7-22)19-31-14-2-16-40(33,34)35/h4-13,18-20,31H,2-3,14-17H2,1H3,(H,33,34,35)(H,36,37,38). The topological polar surface area (TPSA) is 137 Å². The Balaban J connectivity index is 1.67. The molecule has 0 saturated carbocycles. The van der Waals surface area contributed by atoms with Crippen molar-refractivity contribution in [2.45, 2.75) is 12.8 Å². The van der Waals surface area contributed by atoms with Gasteiger partial charge in [-0.15, -0.1) is 0 Å². The zero-order valence-electron chi connectivity index (χ0n) is 22.3. The molecular formula is C29H31ClN2O7S2. The molecule has 218 valence electrons. The van der Waals surface area contributed by atoms with E-state index in [1.54, 1.807) is 12.5 Å². The van der Waals surface area contributed by atoms with E-state index in [1.165, 1.54) is 0 Å². The number of hydrogen-bond acceptors (Lipinski definition) is 7. The van der Waals surface area contributed by atoms with E-state index in [1.807, 2.05) is 78.7 Å². The van der Waals surface area contributed by atoms with Crippen LogP contribution in [0.4, 0.5) is 5.69 Å². The number of fused-ring (bicyclic) bond motifs is 1. The molecule has 41 heavy (non-hydrogen) atoms. The minimum atomic E-state index is -4.00. The highest BCUT2D eigenvalue weighted by molar-refractivity contribution is 7.86. The molecule has 0 bridgehead atoms. The zero-order valence-corrected chi connectivity index (χ0v) is 24.7. The van der Waals surface area contributed by atoms with Gasteiger partial charge in [0, 0.05) is 53.4 Å². The van der Waals surface area contributed by atoms with E-state index in [9.17, 15) is 16.8 Å². The predicted octanol–water partition coefficient (Wildman–Crippen LogP) is 3.65. The Hall–Kier alpha value is -3.35. The molecule has 3 aromatic carbocycles. The first-order valence-corrected chi connectivity index (χ1v) is 16.4. The van der Waals surface area contributed by atoms with Gasteiger partial charge in [0.1, 0.15) is 5.76 Å². The Morgan fingerprint density at radius 2 is 1.59 bits per heavy atom. The van der Waals surface area contributed by atoms with Crippen LogP contribution in [0, 0.1) is 0 Å². The van der Waals surface area contributed by atoms with Gasteiger partial charge in [0.25, 0.3) is 20.2 Å². The van der Waals surface area contributed by atoms with Gasteiger partial charge < -0.3 is 14.6 Å². The number of rotatable bonds is 12. The minimum Gasteiger partial charge on any atom is -0.463 e. The SMILES string of the molecule is CN(CCCS(=O)(=O)O)c1ccc(C(c2occ3cc(Cl)ccc23)=c2ccc(=CNCCCS(=O)(=O)O)cc2)cc1. The maximum absolute atomic E-state index is 11.0. The highest BCUT2D eigenvalue weighted by Crippen LogP contribution is 2.32. The van der Waals surface area contributed by atoms with Crippen molar-refractivity contribution < 1.29 is 30.4 Å². The Morgan fingerprint density at radius 3 is 2.24 bits per heavy atom.